The highest BCUT2D eigenvalue weighted by Gasteiger charge is 2.20. The van der Waals surface area contributed by atoms with Gasteiger partial charge in [-0.1, -0.05) is 32.9 Å². The van der Waals surface area contributed by atoms with Crippen molar-refractivity contribution in [1.82, 2.24) is 0 Å². The maximum absolute atomic E-state index is 9.68. The topological polar surface area (TPSA) is 49.7 Å². The molecule has 0 amide bonds. The molecule has 1 aromatic carbocycles. The minimum Gasteiger partial charge on any atom is -0.494 e. The van der Waals surface area contributed by atoms with Crippen LogP contribution in [0.15, 0.2) is 18.2 Å². The average molecular weight is 280 g/mol. The lowest BCUT2D eigenvalue weighted by Gasteiger charge is -2.24. The lowest BCUT2D eigenvalue weighted by atomic mass is 9.85. The summed E-state index contributed by atoms with van der Waals surface area (Å²) in [5, 5.41) is 19.0. The normalized spacial score (nSPS) is 14.9. The van der Waals surface area contributed by atoms with Gasteiger partial charge in [-0.25, -0.2) is 0 Å². The number of hydrogen-bond donors (Lipinski definition) is 2. The predicted molar refractivity (Wildman–Crippen MR) is 82.3 cm³/mol. The molecule has 0 fully saturated rings. The van der Waals surface area contributed by atoms with Crippen LogP contribution < -0.4 is 4.74 Å². The standard InChI is InChI=1S/C17H28O3/c1-6-20-16-10-8-13(7-9-15(19)12(2)18)11-14(16)17(3,4)5/h8,10-12,15,18-19H,6-7,9H2,1-5H3. The van der Waals surface area contributed by atoms with Gasteiger partial charge in [0.05, 0.1) is 18.8 Å². The molecule has 2 unspecified atom stereocenters. The SMILES string of the molecule is CCOc1ccc(CCC(O)C(C)O)cc1C(C)(C)C. The van der Waals surface area contributed by atoms with E-state index in [-0.39, 0.29) is 5.41 Å². The Kier molecular flexibility index (Phi) is 6.03. The number of ether oxygens (including phenoxy) is 1. The quantitative estimate of drug-likeness (QED) is 0.842. The van der Waals surface area contributed by atoms with E-state index in [2.05, 4.69) is 26.8 Å². The van der Waals surface area contributed by atoms with E-state index in [0.717, 1.165) is 17.7 Å². The first-order valence-corrected chi connectivity index (χ1v) is 7.38. The van der Waals surface area contributed by atoms with Gasteiger partial charge < -0.3 is 14.9 Å². The first-order valence-electron chi connectivity index (χ1n) is 7.38. The Morgan fingerprint density at radius 2 is 1.85 bits per heavy atom. The van der Waals surface area contributed by atoms with Gasteiger partial charge in [-0.15, -0.1) is 0 Å². The van der Waals surface area contributed by atoms with E-state index in [0.29, 0.717) is 13.0 Å². The molecule has 0 saturated heterocycles. The molecule has 0 aliphatic heterocycles. The summed E-state index contributed by atoms with van der Waals surface area (Å²) in [6, 6.07) is 6.20. The van der Waals surface area contributed by atoms with Crippen LogP contribution in [0.2, 0.25) is 0 Å². The number of benzene rings is 1. The van der Waals surface area contributed by atoms with E-state index < -0.39 is 12.2 Å². The molecule has 2 N–H and O–H groups in total. The van der Waals surface area contributed by atoms with Gasteiger partial charge in [0.2, 0.25) is 0 Å². The van der Waals surface area contributed by atoms with Crippen LogP contribution in [0.1, 0.15) is 52.2 Å². The summed E-state index contributed by atoms with van der Waals surface area (Å²) in [6.07, 6.45) is -0.0315. The molecule has 0 radical (unpaired) electrons. The van der Waals surface area contributed by atoms with Crippen LogP contribution in [0.4, 0.5) is 0 Å². The zero-order valence-corrected chi connectivity index (χ0v) is 13.3. The van der Waals surface area contributed by atoms with Gasteiger partial charge in [-0.2, -0.15) is 0 Å². The molecule has 3 heteroatoms. The number of hydrogen-bond acceptors (Lipinski definition) is 3. The molecule has 1 rings (SSSR count). The zero-order valence-electron chi connectivity index (χ0n) is 13.3. The van der Waals surface area contributed by atoms with E-state index in [1.807, 2.05) is 19.1 Å². The predicted octanol–water partition coefficient (Wildman–Crippen LogP) is 3.06. The van der Waals surface area contributed by atoms with Gasteiger partial charge in [0.1, 0.15) is 5.75 Å². The summed E-state index contributed by atoms with van der Waals surface area (Å²) < 4.78 is 5.69. The molecule has 0 bridgehead atoms. The molecular weight excluding hydrogens is 252 g/mol. The Labute approximate surface area is 122 Å². The van der Waals surface area contributed by atoms with Gasteiger partial charge in [0, 0.05) is 0 Å². The first kappa shape index (κ1) is 17.0. The van der Waals surface area contributed by atoms with Crippen molar-refractivity contribution in [2.45, 2.75) is 65.1 Å². The molecule has 0 heterocycles. The van der Waals surface area contributed by atoms with E-state index in [9.17, 15) is 10.2 Å². The van der Waals surface area contributed by atoms with Gasteiger partial charge in [-0.3, -0.25) is 0 Å². The maximum atomic E-state index is 9.68. The highest BCUT2D eigenvalue weighted by atomic mass is 16.5. The van der Waals surface area contributed by atoms with Crippen LogP contribution in [0.25, 0.3) is 0 Å². The van der Waals surface area contributed by atoms with Crippen LogP contribution >= 0.6 is 0 Å². The second-order valence-corrected chi connectivity index (χ2v) is 6.36. The summed E-state index contributed by atoms with van der Waals surface area (Å²) in [5.41, 5.74) is 2.37. The fourth-order valence-electron chi connectivity index (χ4n) is 2.16. The minimum absolute atomic E-state index is 0.0173. The second-order valence-electron chi connectivity index (χ2n) is 6.36. The average Bonchev–Trinajstić information content (AvgIpc) is 2.36. The fraction of sp³-hybridized carbons (Fsp3) is 0.647. The summed E-state index contributed by atoms with van der Waals surface area (Å²) in [6.45, 7) is 10.8. The Bertz CT molecular complexity index is 419. The molecule has 1 aromatic rings. The molecular formula is C17H28O3. The van der Waals surface area contributed by atoms with E-state index >= 15 is 0 Å². The van der Waals surface area contributed by atoms with Crippen molar-refractivity contribution in [3.8, 4) is 5.75 Å². The summed E-state index contributed by atoms with van der Waals surface area (Å²) >= 11 is 0. The molecule has 3 nitrogen and oxygen atoms in total. The second kappa shape index (κ2) is 7.09. The molecule has 0 spiro atoms. The van der Waals surface area contributed by atoms with Crippen molar-refractivity contribution in [3.63, 3.8) is 0 Å². The molecule has 0 aliphatic carbocycles. The van der Waals surface area contributed by atoms with Crippen LogP contribution in [-0.2, 0) is 11.8 Å². The number of aliphatic hydroxyl groups excluding tert-OH is 2. The van der Waals surface area contributed by atoms with Gasteiger partial charge in [-0.05, 0) is 49.3 Å². The van der Waals surface area contributed by atoms with Crippen molar-refractivity contribution in [2.24, 2.45) is 0 Å². The van der Waals surface area contributed by atoms with Crippen molar-refractivity contribution in [1.29, 1.82) is 0 Å². The van der Waals surface area contributed by atoms with Gasteiger partial charge in [0.15, 0.2) is 0 Å². The maximum Gasteiger partial charge on any atom is 0.123 e. The smallest absolute Gasteiger partial charge is 0.123 e. The third-order valence-electron chi connectivity index (χ3n) is 3.44. The lowest BCUT2D eigenvalue weighted by molar-refractivity contribution is 0.0265. The summed E-state index contributed by atoms with van der Waals surface area (Å²) in [7, 11) is 0. The fourth-order valence-corrected chi connectivity index (χ4v) is 2.16. The highest BCUT2D eigenvalue weighted by Crippen LogP contribution is 2.32. The first-order chi connectivity index (χ1) is 9.25. The number of aryl methyl sites for hydroxylation is 1. The Morgan fingerprint density at radius 3 is 2.35 bits per heavy atom. The molecule has 20 heavy (non-hydrogen) atoms. The van der Waals surface area contributed by atoms with Crippen LogP contribution in [-0.4, -0.2) is 29.0 Å². The number of aliphatic hydroxyl groups is 2. The van der Waals surface area contributed by atoms with Crippen molar-refractivity contribution in [2.75, 3.05) is 6.61 Å². The minimum atomic E-state index is -0.681. The Balaban J connectivity index is 2.90. The van der Waals surface area contributed by atoms with Crippen LogP contribution in [0.5, 0.6) is 5.75 Å². The van der Waals surface area contributed by atoms with Crippen molar-refractivity contribution < 1.29 is 14.9 Å². The lowest BCUT2D eigenvalue weighted by Crippen LogP contribution is -2.23. The van der Waals surface area contributed by atoms with E-state index in [4.69, 9.17) is 4.74 Å². The third-order valence-corrected chi connectivity index (χ3v) is 3.44. The van der Waals surface area contributed by atoms with Gasteiger partial charge >= 0.3 is 0 Å². The molecule has 0 aliphatic rings. The van der Waals surface area contributed by atoms with E-state index in [1.54, 1.807) is 6.92 Å². The molecule has 0 saturated carbocycles. The Morgan fingerprint density at radius 1 is 1.20 bits per heavy atom. The third kappa shape index (κ3) is 4.80. The largest absolute Gasteiger partial charge is 0.494 e. The van der Waals surface area contributed by atoms with Gasteiger partial charge in [0.25, 0.3) is 0 Å². The van der Waals surface area contributed by atoms with E-state index in [1.165, 1.54) is 5.56 Å². The zero-order chi connectivity index (χ0) is 15.3. The Hall–Kier alpha value is -1.06. The van der Waals surface area contributed by atoms with Crippen LogP contribution in [0, 0.1) is 0 Å². The molecule has 114 valence electrons. The van der Waals surface area contributed by atoms with Crippen molar-refractivity contribution >= 4 is 0 Å². The van der Waals surface area contributed by atoms with Crippen molar-refractivity contribution in [3.05, 3.63) is 29.3 Å². The molecule has 0 aromatic heterocycles. The number of rotatable bonds is 6. The highest BCUT2D eigenvalue weighted by molar-refractivity contribution is 5.41. The van der Waals surface area contributed by atoms with Crippen LogP contribution in [0.3, 0.4) is 0 Å². The monoisotopic (exact) mass is 280 g/mol. The molecule has 2 atom stereocenters. The summed E-state index contributed by atoms with van der Waals surface area (Å²) in [5.74, 6) is 0.930. The summed E-state index contributed by atoms with van der Waals surface area (Å²) in [4.78, 5) is 0.